The number of hydrogen-bond acceptors (Lipinski definition) is 4. The number of halogens is 3. The van der Waals surface area contributed by atoms with Gasteiger partial charge in [0.2, 0.25) is 5.88 Å². The molecule has 22 heavy (non-hydrogen) atoms. The highest BCUT2D eigenvalue weighted by Crippen LogP contribution is 2.29. The SMILES string of the molecule is O=c1[nH]c(O)c(C=NCc2cccc(C(F)(F)F)c2)c(=O)[nH]1. The third-order valence-electron chi connectivity index (χ3n) is 2.71. The van der Waals surface area contributed by atoms with Gasteiger partial charge in [-0.15, -0.1) is 0 Å². The van der Waals surface area contributed by atoms with Gasteiger partial charge in [0.25, 0.3) is 5.56 Å². The molecule has 0 fully saturated rings. The Morgan fingerprint density at radius 1 is 1.23 bits per heavy atom. The van der Waals surface area contributed by atoms with Gasteiger partial charge in [-0.25, -0.2) is 4.79 Å². The van der Waals surface area contributed by atoms with Crippen molar-refractivity contribution in [3.8, 4) is 5.88 Å². The Morgan fingerprint density at radius 2 is 1.95 bits per heavy atom. The Hall–Kier alpha value is -2.84. The number of rotatable bonds is 3. The van der Waals surface area contributed by atoms with E-state index in [1.807, 2.05) is 9.97 Å². The van der Waals surface area contributed by atoms with Gasteiger partial charge in [-0.05, 0) is 17.7 Å². The standard InChI is InChI=1S/C13H10F3N3O3/c14-13(15,16)8-3-1-2-7(4-8)5-17-6-9-10(20)18-12(22)19-11(9)21/h1-4,6H,5H2,(H3,18,19,20,21,22). The molecule has 0 saturated carbocycles. The second-order valence-corrected chi connectivity index (χ2v) is 4.34. The van der Waals surface area contributed by atoms with Gasteiger partial charge in [0.1, 0.15) is 5.56 Å². The van der Waals surface area contributed by atoms with Gasteiger partial charge >= 0.3 is 11.9 Å². The van der Waals surface area contributed by atoms with Crippen LogP contribution in [0.2, 0.25) is 0 Å². The van der Waals surface area contributed by atoms with E-state index in [0.29, 0.717) is 0 Å². The molecule has 9 heteroatoms. The Morgan fingerprint density at radius 3 is 2.59 bits per heavy atom. The highest BCUT2D eigenvalue weighted by atomic mass is 19.4. The van der Waals surface area contributed by atoms with Crippen molar-refractivity contribution in [3.63, 3.8) is 0 Å². The molecule has 3 N–H and O–H groups in total. The van der Waals surface area contributed by atoms with Crippen molar-refractivity contribution in [1.29, 1.82) is 0 Å². The first-order chi connectivity index (χ1) is 10.3. The number of benzene rings is 1. The molecule has 0 atom stereocenters. The number of aromatic amines is 2. The molecular formula is C13H10F3N3O3. The van der Waals surface area contributed by atoms with Crippen LogP contribution < -0.4 is 11.2 Å². The lowest BCUT2D eigenvalue weighted by Gasteiger charge is -2.07. The third kappa shape index (κ3) is 3.62. The van der Waals surface area contributed by atoms with Crippen molar-refractivity contribution in [2.24, 2.45) is 4.99 Å². The molecule has 0 radical (unpaired) electrons. The number of aliphatic imine (C=N–C) groups is 1. The van der Waals surface area contributed by atoms with E-state index in [4.69, 9.17) is 0 Å². The average Bonchev–Trinajstić information content (AvgIpc) is 2.41. The van der Waals surface area contributed by atoms with Gasteiger partial charge in [-0.3, -0.25) is 19.8 Å². The van der Waals surface area contributed by atoms with Crippen LogP contribution in [0.1, 0.15) is 16.7 Å². The minimum atomic E-state index is -4.45. The van der Waals surface area contributed by atoms with E-state index in [1.54, 1.807) is 0 Å². The van der Waals surface area contributed by atoms with Gasteiger partial charge in [0.05, 0.1) is 12.1 Å². The minimum absolute atomic E-state index is 0.123. The molecule has 0 spiro atoms. The summed E-state index contributed by atoms with van der Waals surface area (Å²) in [5, 5.41) is 9.40. The lowest BCUT2D eigenvalue weighted by atomic mass is 10.1. The molecule has 1 aromatic heterocycles. The highest BCUT2D eigenvalue weighted by Gasteiger charge is 2.30. The maximum absolute atomic E-state index is 12.5. The van der Waals surface area contributed by atoms with E-state index < -0.39 is 28.9 Å². The molecule has 2 rings (SSSR count). The predicted octanol–water partition coefficient (Wildman–Crippen LogP) is 1.41. The van der Waals surface area contributed by atoms with E-state index in [0.717, 1.165) is 18.3 Å². The number of H-pyrrole nitrogens is 2. The maximum atomic E-state index is 12.5. The molecule has 0 bridgehead atoms. The Bertz CT molecular complexity index is 822. The molecule has 116 valence electrons. The quantitative estimate of drug-likeness (QED) is 0.747. The van der Waals surface area contributed by atoms with Crippen molar-refractivity contribution in [3.05, 3.63) is 61.8 Å². The molecule has 0 unspecified atom stereocenters. The molecule has 0 aliphatic heterocycles. The van der Waals surface area contributed by atoms with Gasteiger partial charge in [-0.2, -0.15) is 13.2 Å². The number of nitrogens with zero attached hydrogens (tertiary/aromatic N) is 1. The van der Waals surface area contributed by atoms with Crippen LogP contribution in [-0.4, -0.2) is 21.3 Å². The van der Waals surface area contributed by atoms with Crippen LogP contribution in [-0.2, 0) is 12.7 Å². The van der Waals surface area contributed by atoms with Gasteiger partial charge in [0, 0.05) is 6.21 Å². The zero-order valence-corrected chi connectivity index (χ0v) is 10.9. The molecule has 1 heterocycles. The summed E-state index contributed by atoms with van der Waals surface area (Å²) in [5.41, 5.74) is -2.53. The maximum Gasteiger partial charge on any atom is 0.416 e. The molecule has 1 aromatic carbocycles. The third-order valence-corrected chi connectivity index (χ3v) is 2.71. The van der Waals surface area contributed by atoms with Crippen LogP contribution in [0.15, 0.2) is 38.8 Å². The molecule has 0 aliphatic carbocycles. The summed E-state index contributed by atoms with van der Waals surface area (Å²) in [6, 6.07) is 4.57. The van der Waals surface area contributed by atoms with Crippen LogP contribution in [0.4, 0.5) is 13.2 Å². The summed E-state index contributed by atoms with van der Waals surface area (Å²) in [7, 11) is 0. The smallest absolute Gasteiger partial charge is 0.416 e. The largest absolute Gasteiger partial charge is 0.494 e. The molecule has 0 saturated heterocycles. The van der Waals surface area contributed by atoms with Crippen molar-refractivity contribution in [1.82, 2.24) is 9.97 Å². The van der Waals surface area contributed by atoms with E-state index in [2.05, 4.69) is 4.99 Å². The summed E-state index contributed by atoms with van der Waals surface area (Å²) in [6.45, 7) is -0.123. The van der Waals surface area contributed by atoms with Gasteiger partial charge in [-0.1, -0.05) is 12.1 Å². The number of nitrogens with one attached hydrogen (secondary N) is 2. The first kappa shape index (κ1) is 15.5. The fraction of sp³-hybridized carbons (Fsp3) is 0.154. The lowest BCUT2D eigenvalue weighted by molar-refractivity contribution is -0.137. The molecule has 2 aromatic rings. The second-order valence-electron chi connectivity index (χ2n) is 4.34. The second kappa shape index (κ2) is 5.88. The van der Waals surface area contributed by atoms with Crippen molar-refractivity contribution in [2.45, 2.75) is 12.7 Å². The zero-order chi connectivity index (χ0) is 16.3. The summed E-state index contributed by atoms with van der Waals surface area (Å²) < 4.78 is 37.6. The Labute approximate surface area is 121 Å². The van der Waals surface area contributed by atoms with E-state index >= 15 is 0 Å². The zero-order valence-electron chi connectivity index (χ0n) is 10.9. The van der Waals surface area contributed by atoms with Crippen molar-refractivity contribution >= 4 is 6.21 Å². The van der Waals surface area contributed by atoms with E-state index in [-0.39, 0.29) is 17.7 Å². The first-order valence-electron chi connectivity index (χ1n) is 5.99. The summed E-state index contributed by atoms with van der Waals surface area (Å²) >= 11 is 0. The number of aromatic hydroxyl groups is 1. The first-order valence-corrected chi connectivity index (χ1v) is 5.99. The van der Waals surface area contributed by atoms with E-state index in [9.17, 15) is 27.9 Å². The van der Waals surface area contributed by atoms with Gasteiger partial charge < -0.3 is 5.11 Å². The predicted molar refractivity (Wildman–Crippen MR) is 72.1 cm³/mol. The highest BCUT2D eigenvalue weighted by molar-refractivity contribution is 5.81. The van der Waals surface area contributed by atoms with E-state index in [1.165, 1.54) is 12.1 Å². The molecule has 0 aliphatic rings. The Balaban J connectivity index is 2.21. The lowest BCUT2D eigenvalue weighted by Crippen LogP contribution is -2.24. The van der Waals surface area contributed by atoms with Crippen molar-refractivity contribution < 1.29 is 18.3 Å². The number of aromatic nitrogens is 2. The van der Waals surface area contributed by atoms with Crippen LogP contribution >= 0.6 is 0 Å². The summed E-state index contributed by atoms with van der Waals surface area (Å²) in [5.74, 6) is -0.665. The van der Waals surface area contributed by atoms with Crippen LogP contribution in [0.3, 0.4) is 0 Å². The Kier molecular flexibility index (Phi) is 4.15. The fourth-order valence-corrected chi connectivity index (χ4v) is 1.69. The topological polar surface area (TPSA) is 98.3 Å². The molecule has 6 nitrogen and oxygen atoms in total. The fourth-order valence-electron chi connectivity index (χ4n) is 1.69. The average molecular weight is 313 g/mol. The van der Waals surface area contributed by atoms with Gasteiger partial charge in [0.15, 0.2) is 0 Å². The molecule has 0 amide bonds. The number of alkyl halides is 3. The summed E-state index contributed by atoms with van der Waals surface area (Å²) in [4.78, 5) is 29.9. The minimum Gasteiger partial charge on any atom is -0.494 e. The normalized spacial score (nSPS) is 12.0. The van der Waals surface area contributed by atoms with Crippen LogP contribution in [0.5, 0.6) is 5.88 Å². The summed E-state index contributed by atoms with van der Waals surface area (Å²) in [6.07, 6.45) is -3.47. The number of hydrogen-bond donors (Lipinski definition) is 3. The molecular weight excluding hydrogens is 303 g/mol. The van der Waals surface area contributed by atoms with Crippen LogP contribution in [0.25, 0.3) is 0 Å². The van der Waals surface area contributed by atoms with Crippen molar-refractivity contribution in [2.75, 3.05) is 0 Å². The van der Waals surface area contributed by atoms with Crippen LogP contribution in [0, 0.1) is 0 Å². The monoisotopic (exact) mass is 313 g/mol.